The van der Waals surface area contributed by atoms with Gasteiger partial charge in [0, 0.05) is 24.6 Å². The lowest BCUT2D eigenvalue weighted by Gasteiger charge is -2.14. The molecule has 0 aliphatic heterocycles. The van der Waals surface area contributed by atoms with Crippen molar-refractivity contribution in [1.29, 1.82) is 0 Å². The number of anilines is 1. The molecule has 1 amide bonds. The Balaban J connectivity index is 2.24. The van der Waals surface area contributed by atoms with Crippen LogP contribution in [0.3, 0.4) is 0 Å². The van der Waals surface area contributed by atoms with Crippen molar-refractivity contribution >= 4 is 22.5 Å². The third-order valence-corrected chi connectivity index (χ3v) is 3.78. The van der Waals surface area contributed by atoms with Crippen molar-refractivity contribution in [3.05, 3.63) is 70.3 Å². The first-order chi connectivity index (χ1) is 11.6. The van der Waals surface area contributed by atoms with Crippen molar-refractivity contribution < 1.29 is 4.79 Å². The molecule has 6 heteroatoms. The molecule has 2 aromatic heterocycles. The maximum atomic E-state index is 12.7. The topological polar surface area (TPSA) is 90.0 Å². The van der Waals surface area contributed by atoms with Gasteiger partial charge in [-0.1, -0.05) is 12.1 Å². The number of benzene rings is 1. The van der Waals surface area contributed by atoms with Crippen LogP contribution in [-0.4, -0.2) is 22.0 Å². The van der Waals surface area contributed by atoms with Gasteiger partial charge in [-0.05, 0) is 31.2 Å². The van der Waals surface area contributed by atoms with E-state index in [1.807, 2.05) is 28.8 Å². The zero-order valence-electron chi connectivity index (χ0n) is 13.3. The van der Waals surface area contributed by atoms with Gasteiger partial charge in [0.2, 0.25) is 5.43 Å². The van der Waals surface area contributed by atoms with Crippen LogP contribution in [0.4, 0.5) is 5.69 Å². The Morgan fingerprint density at radius 2 is 2.08 bits per heavy atom. The van der Waals surface area contributed by atoms with E-state index in [0.29, 0.717) is 29.7 Å². The summed E-state index contributed by atoms with van der Waals surface area (Å²) in [5, 5.41) is 3.03. The largest absolute Gasteiger partial charge is 0.398 e. The third-order valence-electron chi connectivity index (χ3n) is 3.78. The fourth-order valence-corrected chi connectivity index (χ4v) is 2.68. The zero-order valence-corrected chi connectivity index (χ0v) is 13.3. The van der Waals surface area contributed by atoms with Gasteiger partial charge in [-0.2, -0.15) is 0 Å². The van der Waals surface area contributed by atoms with Crippen LogP contribution in [0, 0.1) is 0 Å². The Morgan fingerprint density at radius 3 is 2.79 bits per heavy atom. The van der Waals surface area contributed by atoms with E-state index in [2.05, 4.69) is 10.3 Å². The molecule has 0 fully saturated rings. The van der Waals surface area contributed by atoms with Gasteiger partial charge in [0.05, 0.1) is 23.1 Å². The molecular weight excluding hydrogens is 304 g/mol. The highest BCUT2D eigenvalue weighted by molar-refractivity contribution is 6.00. The second-order valence-corrected chi connectivity index (χ2v) is 5.42. The SMILES string of the molecule is CCNC(=O)c1cn(Cc2ccccn2)c2cccc(N)c2c1=O. The maximum absolute atomic E-state index is 12.7. The summed E-state index contributed by atoms with van der Waals surface area (Å²) in [5.41, 5.74) is 7.59. The normalized spacial score (nSPS) is 10.7. The van der Waals surface area contributed by atoms with Crippen LogP contribution in [0.1, 0.15) is 23.0 Å². The van der Waals surface area contributed by atoms with Crippen LogP contribution in [0.15, 0.2) is 53.6 Å². The molecule has 0 radical (unpaired) electrons. The molecule has 1 aromatic carbocycles. The van der Waals surface area contributed by atoms with Gasteiger partial charge >= 0.3 is 0 Å². The van der Waals surface area contributed by atoms with E-state index in [1.54, 1.807) is 31.5 Å². The molecule has 2 heterocycles. The molecule has 0 spiro atoms. The first kappa shape index (κ1) is 15.7. The van der Waals surface area contributed by atoms with E-state index < -0.39 is 5.91 Å². The fraction of sp³-hybridized carbons (Fsp3) is 0.167. The molecule has 3 rings (SSSR count). The van der Waals surface area contributed by atoms with Crippen LogP contribution in [-0.2, 0) is 6.54 Å². The summed E-state index contributed by atoms with van der Waals surface area (Å²) in [6.45, 7) is 2.69. The minimum Gasteiger partial charge on any atom is -0.398 e. The molecule has 0 saturated heterocycles. The number of hydrogen-bond donors (Lipinski definition) is 2. The average molecular weight is 322 g/mol. The summed E-state index contributed by atoms with van der Waals surface area (Å²) in [5.74, 6) is -0.401. The van der Waals surface area contributed by atoms with E-state index in [9.17, 15) is 9.59 Å². The lowest BCUT2D eigenvalue weighted by Crippen LogP contribution is -2.30. The standard InChI is InChI=1S/C18H18N4O2/c1-2-20-18(24)13-11-22(10-12-6-3-4-9-21-12)15-8-5-7-14(19)16(15)17(13)23/h3-9,11H,2,10,19H2,1H3,(H,20,24). The number of nitrogen functional groups attached to an aromatic ring is 1. The molecular formula is C18H18N4O2. The minimum absolute atomic E-state index is 0.0816. The molecule has 3 aromatic rings. The van der Waals surface area contributed by atoms with Crippen LogP contribution in [0.5, 0.6) is 0 Å². The summed E-state index contributed by atoms with van der Waals surface area (Å²) >= 11 is 0. The number of pyridine rings is 2. The van der Waals surface area contributed by atoms with Crippen molar-refractivity contribution in [3.8, 4) is 0 Å². The molecule has 6 nitrogen and oxygen atoms in total. The monoisotopic (exact) mass is 322 g/mol. The molecule has 0 unspecified atom stereocenters. The van der Waals surface area contributed by atoms with Crippen LogP contribution >= 0.6 is 0 Å². The number of fused-ring (bicyclic) bond motifs is 1. The predicted octanol–water partition coefficient (Wildman–Crippen LogP) is 1.78. The number of rotatable bonds is 4. The van der Waals surface area contributed by atoms with Gasteiger partial charge in [0.25, 0.3) is 5.91 Å². The highest BCUT2D eigenvalue weighted by atomic mass is 16.2. The number of nitrogens with two attached hydrogens (primary N) is 1. The van der Waals surface area contributed by atoms with Gasteiger partial charge in [-0.25, -0.2) is 0 Å². The summed E-state index contributed by atoms with van der Waals surface area (Å²) in [6.07, 6.45) is 3.28. The van der Waals surface area contributed by atoms with Crippen molar-refractivity contribution in [2.75, 3.05) is 12.3 Å². The summed E-state index contributed by atoms with van der Waals surface area (Å²) in [7, 11) is 0. The number of hydrogen-bond acceptors (Lipinski definition) is 4. The Kier molecular flexibility index (Phi) is 4.29. The van der Waals surface area contributed by atoms with Crippen molar-refractivity contribution in [2.45, 2.75) is 13.5 Å². The van der Waals surface area contributed by atoms with Gasteiger partial charge in [-0.15, -0.1) is 0 Å². The second kappa shape index (κ2) is 6.54. The van der Waals surface area contributed by atoms with Crippen molar-refractivity contribution in [3.63, 3.8) is 0 Å². The summed E-state index contributed by atoms with van der Waals surface area (Å²) in [6, 6.07) is 10.9. The van der Waals surface area contributed by atoms with Gasteiger partial charge in [0.1, 0.15) is 5.56 Å². The number of nitrogens with one attached hydrogen (secondary N) is 1. The molecule has 0 bridgehead atoms. The van der Waals surface area contributed by atoms with E-state index in [-0.39, 0.29) is 11.0 Å². The quantitative estimate of drug-likeness (QED) is 0.716. The Morgan fingerprint density at radius 1 is 1.25 bits per heavy atom. The van der Waals surface area contributed by atoms with Crippen LogP contribution < -0.4 is 16.5 Å². The molecule has 24 heavy (non-hydrogen) atoms. The first-order valence-corrected chi connectivity index (χ1v) is 7.71. The molecule has 0 atom stereocenters. The van der Waals surface area contributed by atoms with Gasteiger partial charge in [-0.3, -0.25) is 14.6 Å². The summed E-state index contributed by atoms with van der Waals surface area (Å²) < 4.78 is 1.83. The first-order valence-electron chi connectivity index (χ1n) is 7.71. The number of carbonyl (C=O) groups excluding carboxylic acids is 1. The number of aromatic nitrogens is 2. The van der Waals surface area contributed by atoms with Gasteiger partial charge in [0.15, 0.2) is 0 Å². The molecule has 0 saturated carbocycles. The zero-order chi connectivity index (χ0) is 17.1. The Hall–Kier alpha value is -3.15. The third kappa shape index (κ3) is 2.86. The van der Waals surface area contributed by atoms with Gasteiger partial charge < -0.3 is 15.6 Å². The fourth-order valence-electron chi connectivity index (χ4n) is 2.68. The van der Waals surface area contributed by atoms with Crippen LogP contribution in [0.25, 0.3) is 10.9 Å². The highest BCUT2D eigenvalue weighted by Gasteiger charge is 2.16. The number of amides is 1. The maximum Gasteiger partial charge on any atom is 0.256 e. The number of carbonyl (C=O) groups is 1. The molecule has 3 N–H and O–H groups in total. The molecule has 0 aliphatic rings. The lowest BCUT2D eigenvalue weighted by atomic mass is 10.1. The summed E-state index contributed by atoms with van der Waals surface area (Å²) in [4.78, 5) is 29.3. The predicted molar refractivity (Wildman–Crippen MR) is 94.0 cm³/mol. The highest BCUT2D eigenvalue weighted by Crippen LogP contribution is 2.19. The Labute approximate surface area is 138 Å². The number of nitrogens with zero attached hydrogens (tertiary/aromatic N) is 2. The minimum atomic E-state index is -0.401. The van der Waals surface area contributed by atoms with E-state index in [1.165, 1.54) is 0 Å². The van der Waals surface area contributed by atoms with Crippen molar-refractivity contribution in [2.24, 2.45) is 0 Å². The smallest absolute Gasteiger partial charge is 0.256 e. The molecule has 0 aliphatic carbocycles. The van der Waals surface area contributed by atoms with E-state index >= 15 is 0 Å². The average Bonchev–Trinajstić information content (AvgIpc) is 2.58. The van der Waals surface area contributed by atoms with Crippen LogP contribution in [0.2, 0.25) is 0 Å². The second-order valence-electron chi connectivity index (χ2n) is 5.42. The molecule has 122 valence electrons. The van der Waals surface area contributed by atoms with E-state index in [0.717, 1.165) is 5.69 Å². The van der Waals surface area contributed by atoms with Crippen molar-refractivity contribution in [1.82, 2.24) is 14.9 Å². The lowest BCUT2D eigenvalue weighted by molar-refractivity contribution is 0.0954. The Bertz CT molecular complexity index is 948. The van der Waals surface area contributed by atoms with E-state index in [4.69, 9.17) is 5.73 Å².